The predicted molar refractivity (Wildman–Crippen MR) is 77.5 cm³/mol. The number of nitrogens with two attached hydrogens (primary N) is 1. The van der Waals surface area contributed by atoms with Gasteiger partial charge in [0.15, 0.2) is 0 Å². The zero-order valence-electron chi connectivity index (χ0n) is 9.15. The molecule has 0 saturated heterocycles. The van der Waals surface area contributed by atoms with E-state index in [1.165, 1.54) is 12.1 Å². The second kappa shape index (κ2) is 5.41. The van der Waals surface area contributed by atoms with Crippen LogP contribution in [0, 0.1) is 5.82 Å². The van der Waals surface area contributed by atoms with E-state index in [9.17, 15) is 4.39 Å². The number of halogens is 2. The van der Waals surface area contributed by atoms with Gasteiger partial charge in [-0.05, 0) is 46.3 Å². The minimum atomic E-state index is -0.312. The summed E-state index contributed by atoms with van der Waals surface area (Å²) in [4.78, 5) is 4.31. The Hall–Kier alpha value is -1.53. The highest BCUT2D eigenvalue weighted by molar-refractivity contribution is 9.10. The lowest BCUT2D eigenvalue weighted by atomic mass is 10.2. The minimum Gasteiger partial charge on any atom is -0.388 e. The molecule has 1 heterocycles. The Bertz CT molecular complexity index is 604. The third-order valence-corrected chi connectivity index (χ3v) is 3.09. The summed E-state index contributed by atoms with van der Waals surface area (Å²) in [5, 5.41) is 3.11. The Kier molecular flexibility index (Phi) is 3.88. The molecule has 0 aliphatic carbocycles. The first-order chi connectivity index (χ1) is 8.58. The number of benzene rings is 1. The van der Waals surface area contributed by atoms with Crippen molar-refractivity contribution in [3.63, 3.8) is 0 Å². The molecule has 2 aromatic rings. The van der Waals surface area contributed by atoms with Crippen molar-refractivity contribution in [3.8, 4) is 0 Å². The van der Waals surface area contributed by atoms with Crippen LogP contribution >= 0.6 is 28.1 Å². The highest BCUT2D eigenvalue weighted by atomic mass is 79.9. The van der Waals surface area contributed by atoms with Crippen molar-refractivity contribution in [3.05, 3.63) is 52.5 Å². The molecule has 2 rings (SSSR count). The summed E-state index contributed by atoms with van der Waals surface area (Å²) in [5.41, 5.74) is 7.48. The fourth-order valence-electron chi connectivity index (χ4n) is 1.44. The van der Waals surface area contributed by atoms with Gasteiger partial charge in [-0.1, -0.05) is 12.2 Å². The standard InChI is InChI=1S/C12H9BrFN3S/c13-8-6-7(14)3-4-9(8)17-10-2-1-5-16-11(10)12(15)18/h1-6,17H,(H2,15,18). The van der Waals surface area contributed by atoms with Gasteiger partial charge >= 0.3 is 0 Å². The fourth-order valence-corrected chi connectivity index (χ4v) is 2.05. The van der Waals surface area contributed by atoms with Crippen molar-refractivity contribution in [1.29, 1.82) is 0 Å². The van der Waals surface area contributed by atoms with Gasteiger partial charge in [0, 0.05) is 10.7 Å². The molecule has 0 unspecified atom stereocenters. The largest absolute Gasteiger partial charge is 0.388 e. The van der Waals surface area contributed by atoms with Crippen LogP contribution in [0.15, 0.2) is 41.0 Å². The number of pyridine rings is 1. The molecule has 0 radical (unpaired) electrons. The highest BCUT2D eigenvalue weighted by Crippen LogP contribution is 2.27. The van der Waals surface area contributed by atoms with Crippen molar-refractivity contribution in [2.24, 2.45) is 5.73 Å². The molecule has 6 heteroatoms. The van der Waals surface area contributed by atoms with Crippen molar-refractivity contribution in [1.82, 2.24) is 4.98 Å². The molecule has 92 valence electrons. The van der Waals surface area contributed by atoms with Crippen LogP contribution in [0.4, 0.5) is 15.8 Å². The Morgan fingerprint density at radius 2 is 2.11 bits per heavy atom. The molecule has 3 nitrogen and oxygen atoms in total. The Morgan fingerprint density at radius 1 is 1.33 bits per heavy atom. The van der Waals surface area contributed by atoms with Crippen molar-refractivity contribution >= 4 is 44.5 Å². The molecule has 0 fully saturated rings. The number of thiocarbonyl (C=S) groups is 1. The Balaban J connectivity index is 2.37. The van der Waals surface area contributed by atoms with Gasteiger partial charge < -0.3 is 11.1 Å². The van der Waals surface area contributed by atoms with Crippen molar-refractivity contribution in [2.75, 3.05) is 5.32 Å². The molecule has 0 amide bonds. The van der Waals surface area contributed by atoms with Gasteiger partial charge in [-0.15, -0.1) is 0 Å². The molecule has 0 saturated carbocycles. The van der Waals surface area contributed by atoms with Crippen LogP contribution in [0.2, 0.25) is 0 Å². The number of nitrogens with zero attached hydrogens (tertiary/aromatic N) is 1. The van der Waals surface area contributed by atoms with E-state index in [0.717, 1.165) is 0 Å². The number of aromatic nitrogens is 1. The van der Waals surface area contributed by atoms with Gasteiger partial charge in [-0.2, -0.15) is 0 Å². The van der Waals surface area contributed by atoms with Crippen LogP contribution in [-0.4, -0.2) is 9.97 Å². The highest BCUT2D eigenvalue weighted by Gasteiger charge is 2.08. The van der Waals surface area contributed by atoms with E-state index < -0.39 is 0 Å². The maximum absolute atomic E-state index is 13.0. The number of nitrogens with one attached hydrogen (secondary N) is 1. The van der Waals surface area contributed by atoms with Gasteiger partial charge in [-0.3, -0.25) is 4.98 Å². The lowest BCUT2D eigenvalue weighted by Crippen LogP contribution is -2.13. The van der Waals surface area contributed by atoms with Crippen LogP contribution in [0.1, 0.15) is 5.69 Å². The topological polar surface area (TPSA) is 50.9 Å². The second-order valence-corrected chi connectivity index (χ2v) is 4.81. The quantitative estimate of drug-likeness (QED) is 0.849. The molecular weight excluding hydrogens is 317 g/mol. The van der Waals surface area contributed by atoms with E-state index in [1.807, 2.05) is 0 Å². The summed E-state index contributed by atoms with van der Waals surface area (Å²) >= 11 is 8.20. The summed E-state index contributed by atoms with van der Waals surface area (Å²) in [6, 6.07) is 7.93. The van der Waals surface area contributed by atoms with E-state index in [2.05, 4.69) is 26.2 Å². The monoisotopic (exact) mass is 325 g/mol. The van der Waals surface area contributed by atoms with E-state index in [4.69, 9.17) is 18.0 Å². The summed E-state index contributed by atoms with van der Waals surface area (Å²) < 4.78 is 13.6. The molecule has 0 aliphatic heterocycles. The first kappa shape index (κ1) is 12.9. The fraction of sp³-hybridized carbons (Fsp3) is 0. The number of rotatable bonds is 3. The molecule has 0 atom stereocenters. The smallest absolute Gasteiger partial charge is 0.124 e. The molecule has 1 aromatic carbocycles. The van der Waals surface area contributed by atoms with Gasteiger partial charge in [-0.25, -0.2) is 4.39 Å². The van der Waals surface area contributed by atoms with Crippen LogP contribution in [0.3, 0.4) is 0 Å². The minimum absolute atomic E-state index is 0.205. The summed E-state index contributed by atoms with van der Waals surface area (Å²) in [7, 11) is 0. The van der Waals surface area contributed by atoms with Crippen LogP contribution in [0.25, 0.3) is 0 Å². The van der Waals surface area contributed by atoms with Gasteiger partial charge in [0.05, 0.1) is 11.4 Å². The normalized spacial score (nSPS) is 10.1. The van der Waals surface area contributed by atoms with Gasteiger partial charge in [0.1, 0.15) is 16.5 Å². The average Bonchev–Trinajstić information content (AvgIpc) is 2.33. The predicted octanol–water partition coefficient (Wildman–Crippen LogP) is 3.36. The number of anilines is 2. The first-order valence-electron chi connectivity index (χ1n) is 5.05. The summed E-state index contributed by atoms with van der Waals surface area (Å²) in [6.07, 6.45) is 1.61. The van der Waals surface area contributed by atoms with E-state index in [-0.39, 0.29) is 10.8 Å². The zero-order chi connectivity index (χ0) is 13.1. The van der Waals surface area contributed by atoms with Crippen molar-refractivity contribution < 1.29 is 4.39 Å². The SMILES string of the molecule is NC(=S)c1ncccc1Nc1ccc(F)cc1Br. The third kappa shape index (κ3) is 2.83. The van der Waals surface area contributed by atoms with Crippen molar-refractivity contribution in [2.45, 2.75) is 0 Å². The molecule has 0 spiro atoms. The summed E-state index contributed by atoms with van der Waals surface area (Å²) in [5.74, 6) is -0.312. The molecule has 18 heavy (non-hydrogen) atoms. The van der Waals surface area contributed by atoms with Gasteiger partial charge in [0.25, 0.3) is 0 Å². The van der Waals surface area contributed by atoms with Gasteiger partial charge in [0.2, 0.25) is 0 Å². The van der Waals surface area contributed by atoms with E-state index in [0.29, 0.717) is 21.5 Å². The zero-order valence-corrected chi connectivity index (χ0v) is 11.6. The lowest BCUT2D eigenvalue weighted by molar-refractivity contribution is 0.627. The molecular formula is C12H9BrFN3S. The lowest BCUT2D eigenvalue weighted by Gasteiger charge is -2.11. The molecule has 0 aliphatic rings. The summed E-state index contributed by atoms with van der Waals surface area (Å²) in [6.45, 7) is 0. The van der Waals surface area contributed by atoms with Crippen LogP contribution in [-0.2, 0) is 0 Å². The average molecular weight is 326 g/mol. The second-order valence-electron chi connectivity index (χ2n) is 3.51. The molecule has 3 N–H and O–H groups in total. The van der Waals surface area contributed by atoms with Crippen LogP contribution < -0.4 is 11.1 Å². The van der Waals surface area contributed by atoms with E-state index >= 15 is 0 Å². The molecule has 1 aromatic heterocycles. The Labute approximate surface area is 117 Å². The van der Waals surface area contributed by atoms with E-state index in [1.54, 1.807) is 24.4 Å². The number of hydrogen-bond donors (Lipinski definition) is 2. The maximum Gasteiger partial charge on any atom is 0.124 e. The molecule has 0 bridgehead atoms. The Morgan fingerprint density at radius 3 is 2.78 bits per heavy atom. The van der Waals surface area contributed by atoms with Crippen LogP contribution in [0.5, 0.6) is 0 Å². The first-order valence-corrected chi connectivity index (χ1v) is 6.25. The maximum atomic E-state index is 13.0. The number of hydrogen-bond acceptors (Lipinski definition) is 3. The third-order valence-electron chi connectivity index (χ3n) is 2.24.